The van der Waals surface area contributed by atoms with Gasteiger partial charge in [0.1, 0.15) is 0 Å². The molecule has 1 fully saturated rings. The predicted octanol–water partition coefficient (Wildman–Crippen LogP) is 0.840. The molecule has 0 saturated heterocycles. The van der Waals surface area contributed by atoms with Gasteiger partial charge >= 0.3 is 5.97 Å². The number of rotatable bonds is 8. The van der Waals surface area contributed by atoms with Crippen LogP contribution in [0.3, 0.4) is 0 Å². The highest BCUT2D eigenvalue weighted by atomic mass is 16.4. The lowest BCUT2D eigenvalue weighted by atomic mass is 10.3. The van der Waals surface area contributed by atoms with E-state index in [0.717, 1.165) is 12.8 Å². The Labute approximate surface area is 102 Å². The van der Waals surface area contributed by atoms with Crippen LogP contribution in [0.1, 0.15) is 39.5 Å². The van der Waals surface area contributed by atoms with Crippen molar-refractivity contribution in [3.05, 3.63) is 0 Å². The standard InChI is InChI=1S/C12H22N2O3/c1-9(2)13-7-5-11(15)14(10-3-4-10)8-6-12(16)17/h9-10,13H,3-8H2,1-2H3,(H,16,17). The highest BCUT2D eigenvalue weighted by Gasteiger charge is 2.32. The summed E-state index contributed by atoms with van der Waals surface area (Å²) in [6, 6.07) is 0.664. The molecule has 5 nitrogen and oxygen atoms in total. The molecule has 0 atom stereocenters. The van der Waals surface area contributed by atoms with Gasteiger partial charge in [-0.2, -0.15) is 0 Å². The topological polar surface area (TPSA) is 69.6 Å². The minimum Gasteiger partial charge on any atom is -0.481 e. The fourth-order valence-corrected chi connectivity index (χ4v) is 1.72. The van der Waals surface area contributed by atoms with Crippen LogP contribution in [-0.4, -0.2) is 47.1 Å². The lowest BCUT2D eigenvalue weighted by Crippen LogP contribution is -2.37. The summed E-state index contributed by atoms with van der Waals surface area (Å²) >= 11 is 0. The molecule has 0 aliphatic heterocycles. The van der Waals surface area contributed by atoms with Gasteiger partial charge in [0.15, 0.2) is 0 Å². The number of carbonyl (C=O) groups excluding carboxylic acids is 1. The SMILES string of the molecule is CC(C)NCCC(=O)N(CCC(=O)O)C1CC1. The lowest BCUT2D eigenvalue weighted by molar-refractivity contribution is -0.138. The molecule has 1 amide bonds. The normalized spacial score (nSPS) is 15.0. The van der Waals surface area contributed by atoms with Gasteiger partial charge in [0.2, 0.25) is 5.91 Å². The summed E-state index contributed by atoms with van der Waals surface area (Å²) in [5, 5.41) is 11.8. The van der Waals surface area contributed by atoms with Crippen molar-refractivity contribution < 1.29 is 14.7 Å². The summed E-state index contributed by atoms with van der Waals surface area (Å²) in [5.74, 6) is -0.773. The Balaban J connectivity index is 2.30. The Morgan fingerprint density at radius 1 is 1.35 bits per heavy atom. The maximum atomic E-state index is 11.9. The van der Waals surface area contributed by atoms with Crippen molar-refractivity contribution in [3.63, 3.8) is 0 Å². The molecule has 0 aromatic carbocycles. The molecule has 0 aromatic heterocycles. The first-order chi connectivity index (χ1) is 8.00. The minimum atomic E-state index is -0.844. The molecule has 1 aliphatic carbocycles. The minimum absolute atomic E-state index is 0.0415. The molecule has 1 saturated carbocycles. The number of carboxylic acids is 1. The zero-order valence-electron chi connectivity index (χ0n) is 10.6. The summed E-state index contributed by atoms with van der Waals surface area (Å²) in [5.41, 5.74) is 0. The van der Waals surface area contributed by atoms with E-state index in [1.807, 2.05) is 13.8 Å². The summed E-state index contributed by atoms with van der Waals surface area (Å²) in [6.07, 6.45) is 2.53. The second-order valence-corrected chi connectivity index (χ2v) is 4.82. The third-order valence-electron chi connectivity index (χ3n) is 2.77. The van der Waals surface area contributed by atoms with Crippen LogP contribution in [0.25, 0.3) is 0 Å². The first-order valence-electron chi connectivity index (χ1n) is 6.25. The van der Waals surface area contributed by atoms with Gasteiger partial charge in [-0.05, 0) is 12.8 Å². The van der Waals surface area contributed by atoms with Crippen molar-refractivity contribution >= 4 is 11.9 Å². The molecule has 0 radical (unpaired) electrons. The van der Waals surface area contributed by atoms with Crippen molar-refractivity contribution in [1.29, 1.82) is 0 Å². The maximum absolute atomic E-state index is 11.9. The number of hydrogen-bond donors (Lipinski definition) is 2. The van der Waals surface area contributed by atoms with Crippen molar-refractivity contribution in [2.45, 2.75) is 51.6 Å². The Kier molecular flexibility index (Phi) is 5.41. The maximum Gasteiger partial charge on any atom is 0.305 e. The van der Waals surface area contributed by atoms with Gasteiger partial charge in [-0.1, -0.05) is 13.8 Å². The lowest BCUT2D eigenvalue weighted by Gasteiger charge is -2.22. The van der Waals surface area contributed by atoms with Gasteiger partial charge in [-0.15, -0.1) is 0 Å². The summed E-state index contributed by atoms with van der Waals surface area (Å²) < 4.78 is 0. The molecule has 2 N–H and O–H groups in total. The molecule has 1 rings (SSSR count). The molecule has 0 heterocycles. The van der Waals surface area contributed by atoms with E-state index in [4.69, 9.17) is 5.11 Å². The van der Waals surface area contributed by atoms with E-state index in [1.165, 1.54) is 0 Å². The highest BCUT2D eigenvalue weighted by molar-refractivity contribution is 5.77. The van der Waals surface area contributed by atoms with E-state index >= 15 is 0 Å². The zero-order valence-corrected chi connectivity index (χ0v) is 10.6. The average molecular weight is 242 g/mol. The fourth-order valence-electron chi connectivity index (χ4n) is 1.72. The Morgan fingerprint density at radius 3 is 2.47 bits per heavy atom. The van der Waals surface area contributed by atoms with Crippen LogP contribution in [0.4, 0.5) is 0 Å². The molecule has 98 valence electrons. The highest BCUT2D eigenvalue weighted by Crippen LogP contribution is 2.27. The summed E-state index contributed by atoms with van der Waals surface area (Å²) in [6.45, 7) is 5.08. The molecule has 0 spiro atoms. The van der Waals surface area contributed by atoms with Gasteiger partial charge in [-0.25, -0.2) is 0 Å². The molecule has 0 aromatic rings. The van der Waals surface area contributed by atoms with Crippen LogP contribution >= 0.6 is 0 Å². The van der Waals surface area contributed by atoms with E-state index in [9.17, 15) is 9.59 Å². The average Bonchev–Trinajstić information content (AvgIpc) is 3.01. The van der Waals surface area contributed by atoms with Crippen LogP contribution in [-0.2, 0) is 9.59 Å². The molecular weight excluding hydrogens is 220 g/mol. The molecule has 5 heteroatoms. The second-order valence-electron chi connectivity index (χ2n) is 4.82. The number of aliphatic carboxylic acids is 1. The second kappa shape index (κ2) is 6.59. The first-order valence-corrected chi connectivity index (χ1v) is 6.25. The largest absolute Gasteiger partial charge is 0.481 e. The smallest absolute Gasteiger partial charge is 0.305 e. The Hall–Kier alpha value is -1.10. The van der Waals surface area contributed by atoms with Crippen LogP contribution < -0.4 is 5.32 Å². The molecule has 17 heavy (non-hydrogen) atoms. The molecule has 0 unspecified atom stereocenters. The van der Waals surface area contributed by atoms with Gasteiger partial charge in [0.25, 0.3) is 0 Å². The number of nitrogens with zero attached hydrogens (tertiary/aromatic N) is 1. The van der Waals surface area contributed by atoms with Gasteiger partial charge < -0.3 is 15.3 Å². The van der Waals surface area contributed by atoms with Crippen molar-refractivity contribution in [1.82, 2.24) is 10.2 Å². The molecule has 0 bridgehead atoms. The summed E-state index contributed by atoms with van der Waals surface area (Å²) in [7, 11) is 0. The predicted molar refractivity (Wildman–Crippen MR) is 64.7 cm³/mol. The quantitative estimate of drug-likeness (QED) is 0.662. The van der Waals surface area contributed by atoms with Crippen LogP contribution in [0, 0.1) is 0 Å². The van der Waals surface area contributed by atoms with Gasteiger partial charge in [0, 0.05) is 31.6 Å². The Morgan fingerprint density at radius 2 is 2.00 bits per heavy atom. The number of carbonyl (C=O) groups is 2. The van der Waals surface area contributed by atoms with Crippen LogP contribution in [0.15, 0.2) is 0 Å². The number of carboxylic acid groups (broad SMARTS) is 1. The van der Waals surface area contributed by atoms with Crippen molar-refractivity contribution in [2.24, 2.45) is 0 Å². The third kappa shape index (κ3) is 5.68. The number of hydrogen-bond acceptors (Lipinski definition) is 3. The number of nitrogens with one attached hydrogen (secondary N) is 1. The van der Waals surface area contributed by atoms with E-state index in [0.29, 0.717) is 31.6 Å². The third-order valence-corrected chi connectivity index (χ3v) is 2.77. The van der Waals surface area contributed by atoms with Gasteiger partial charge in [0.05, 0.1) is 6.42 Å². The fraction of sp³-hybridized carbons (Fsp3) is 0.833. The van der Waals surface area contributed by atoms with E-state index in [2.05, 4.69) is 5.32 Å². The van der Waals surface area contributed by atoms with Crippen molar-refractivity contribution in [2.75, 3.05) is 13.1 Å². The van der Waals surface area contributed by atoms with Crippen molar-refractivity contribution in [3.8, 4) is 0 Å². The monoisotopic (exact) mass is 242 g/mol. The molecule has 1 aliphatic rings. The summed E-state index contributed by atoms with van der Waals surface area (Å²) in [4.78, 5) is 24.2. The van der Waals surface area contributed by atoms with E-state index in [1.54, 1.807) is 4.90 Å². The molecular formula is C12H22N2O3. The van der Waals surface area contributed by atoms with Crippen LogP contribution in [0.2, 0.25) is 0 Å². The Bertz CT molecular complexity index is 275. The zero-order chi connectivity index (χ0) is 12.8. The number of amides is 1. The van der Waals surface area contributed by atoms with Gasteiger partial charge in [-0.3, -0.25) is 9.59 Å². The van der Waals surface area contributed by atoms with Crippen LogP contribution in [0.5, 0.6) is 0 Å². The van der Waals surface area contributed by atoms with E-state index in [-0.39, 0.29) is 12.3 Å². The first kappa shape index (κ1) is 14.0. The van der Waals surface area contributed by atoms with E-state index < -0.39 is 5.97 Å².